The molecule has 1 amide bonds. The average Bonchev–Trinajstić information content (AvgIpc) is 2.90. The molecule has 0 unspecified atom stereocenters. The van der Waals surface area contributed by atoms with Gasteiger partial charge in [0.15, 0.2) is 0 Å². The fraction of sp³-hybridized carbons (Fsp3) is 0.727. The van der Waals surface area contributed by atoms with Crippen LogP contribution in [0.5, 0.6) is 0 Å². The molecule has 1 saturated heterocycles. The van der Waals surface area contributed by atoms with Crippen molar-refractivity contribution >= 4 is 32.4 Å². The molecule has 0 saturated carbocycles. The predicted molar refractivity (Wildman–Crippen MR) is 79.7 cm³/mol. The Bertz CT molecular complexity index is 593. The lowest BCUT2D eigenvalue weighted by Crippen LogP contribution is -2.43. The normalized spacial score (nSPS) is 17.8. The molecular formula is C11H19N5O3S2. The first-order valence-electron chi connectivity index (χ1n) is 6.75. The second kappa shape index (κ2) is 6.77. The molecule has 118 valence electrons. The summed E-state index contributed by atoms with van der Waals surface area (Å²) in [6.45, 7) is 3.43. The second-order valence-electron chi connectivity index (χ2n) is 4.97. The molecular weight excluding hydrogens is 314 g/mol. The number of hydrogen-bond donors (Lipinski definition) is 2. The maximum Gasteiger partial charge on any atom is 0.270 e. The van der Waals surface area contributed by atoms with Crippen molar-refractivity contribution in [2.24, 2.45) is 0 Å². The largest absolute Gasteiger partial charge is 0.306 e. The van der Waals surface area contributed by atoms with Gasteiger partial charge in [-0.3, -0.25) is 4.79 Å². The van der Waals surface area contributed by atoms with Crippen LogP contribution in [0.4, 0.5) is 5.13 Å². The first-order valence-corrected chi connectivity index (χ1v) is 9.05. The van der Waals surface area contributed by atoms with Crippen molar-refractivity contribution in [1.82, 2.24) is 19.8 Å². The van der Waals surface area contributed by atoms with Crippen LogP contribution >= 0.6 is 11.3 Å². The van der Waals surface area contributed by atoms with Gasteiger partial charge in [0.2, 0.25) is 15.4 Å². The lowest BCUT2D eigenvalue weighted by atomic mass is 10.1. The zero-order valence-corrected chi connectivity index (χ0v) is 13.6. The molecule has 0 atom stereocenters. The van der Waals surface area contributed by atoms with Crippen LogP contribution in [0.25, 0.3) is 0 Å². The molecule has 21 heavy (non-hydrogen) atoms. The number of sulfonamides is 1. The minimum atomic E-state index is -3.67. The van der Waals surface area contributed by atoms with Crippen LogP contribution in [-0.2, 0) is 14.8 Å². The van der Waals surface area contributed by atoms with Crippen molar-refractivity contribution < 1.29 is 13.2 Å². The Hall–Kier alpha value is -1.10. The first kappa shape index (κ1) is 16.3. The van der Waals surface area contributed by atoms with E-state index in [0.29, 0.717) is 6.42 Å². The second-order valence-corrected chi connectivity index (χ2v) is 7.84. The standard InChI is InChI=1S/C11H19N5O3S2/c1-3-9(17)12-10-13-14-11(20-10)21(18,19)15-8-4-6-16(2)7-5-8/h8,15H,3-7H2,1-2H3,(H,12,13,17). The van der Waals surface area contributed by atoms with Crippen LogP contribution in [0.15, 0.2) is 4.34 Å². The summed E-state index contributed by atoms with van der Waals surface area (Å²) in [7, 11) is -1.66. The third-order valence-corrected chi connectivity index (χ3v) is 5.97. The molecule has 0 aromatic carbocycles. The number of aromatic nitrogens is 2. The van der Waals surface area contributed by atoms with Gasteiger partial charge >= 0.3 is 0 Å². The highest BCUT2D eigenvalue weighted by atomic mass is 32.2. The Labute approximate surface area is 128 Å². The third-order valence-electron chi connectivity index (χ3n) is 3.24. The number of piperidine rings is 1. The molecule has 1 aliphatic heterocycles. The van der Waals surface area contributed by atoms with Crippen molar-refractivity contribution in [2.45, 2.75) is 36.6 Å². The van der Waals surface area contributed by atoms with Gasteiger partial charge in [-0.15, -0.1) is 10.2 Å². The number of hydrogen-bond acceptors (Lipinski definition) is 7. The summed E-state index contributed by atoms with van der Waals surface area (Å²) >= 11 is 0.858. The van der Waals surface area contributed by atoms with Crippen molar-refractivity contribution in [3.63, 3.8) is 0 Å². The number of amides is 1. The maximum atomic E-state index is 12.2. The van der Waals surface area contributed by atoms with Crippen LogP contribution in [0, 0.1) is 0 Å². The summed E-state index contributed by atoms with van der Waals surface area (Å²) in [4.78, 5) is 13.4. The molecule has 8 nitrogen and oxygen atoms in total. The van der Waals surface area contributed by atoms with E-state index in [1.165, 1.54) is 0 Å². The molecule has 2 rings (SSSR count). The number of carbonyl (C=O) groups is 1. The molecule has 10 heteroatoms. The topological polar surface area (TPSA) is 104 Å². The summed E-state index contributed by atoms with van der Waals surface area (Å²) in [6, 6.07) is -0.0798. The van der Waals surface area contributed by atoms with E-state index in [0.717, 1.165) is 37.3 Å². The number of carbonyl (C=O) groups excluding carboxylic acids is 1. The molecule has 2 heterocycles. The summed E-state index contributed by atoms with van der Waals surface area (Å²) in [5.41, 5.74) is 0. The Morgan fingerprint density at radius 2 is 2.05 bits per heavy atom. The maximum absolute atomic E-state index is 12.2. The highest BCUT2D eigenvalue weighted by Gasteiger charge is 2.26. The predicted octanol–water partition coefficient (Wildman–Crippen LogP) is 0.259. The number of rotatable bonds is 5. The Morgan fingerprint density at radius 3 is 2.67 bits per heavy atom. The van der Waals surface area contributed by atoms with Gasteiger partial charge in [0.1, 0.15) is 0 Å². The fourth-order valence-electron chi connectivity index (χ4n) is 1.97. The molecule has 1 aliphatic rings. The van der Waals surface area contributed by atoms with Crippen molar-refractivity contribution in [2.75, 3.05) is 25.5 Å². The van der Waals surface area contributed by atoms with Gasteiger partial charge in [-0.1, -0.05) is 18.3 Å². The van der Waals surface area contributed by atoms with Crippen molar-refractivity contribution in [3.05, 3.63) is 0 Å². The molecule has 0 radical (unpaired) electrons. The number of nitrogens with one attached hydrogen (secondary N) is 2. The van der Waals surface area contributed by atoms with E-state index in [9.17, 15) is 13.2 Å². The monoisotopic (exact) mass is 333 g/mol. The summed E-state index contributed by atoms with van der Waals surface area (Å²) < 4.78 is 27.0. The van der Waals surface area contributed by atoms with Crippen LogP contribution < -0.4 is 10.0 Å². The van der Waals surface area contributed by atoms with E-state index >= 15 is 0 Å². The van der Waals surface area contributed by atoms with Gasteiger partial charge in [-0.25, -0.2) is 13.1 Å². The van der Waals surface area contributed by atoms with E-state index in [1.54, 1.807) is 6.92 Å². The van der Waals surface area contributed by atoms with E-state index in [-0.39, 0.29) is 21.4 Å². The van der Waals surface area contributed by atoms with Crippen LogP contribution in [0.1, 0.15) is 26.2 Å². The molecule has 2 N–H and O–H groups in total. The summed E-state index contributed by atoms with van der Waals surface area (Å²) in [5.74, 6) is -0.224. The van der Waals surface area contributed by atoms with Gasteiger partial charge in [0.05, 0.1) is 0 Å². The molecule has 0 bridgehead atoms. The number of anilines is 1. The van der Waals surface area contributed by atoms with Gasteiger partial charge in [0, 0.05) is 12.5 Å². The highest BCUT2D eigenvalue weighted by Crippen LogP contribution is 2.21. The minimum Gasteiger partial charge on any atom is -0.306 e. The van der Waals surface area contributed by atoms with Gasteiger partial charge in [-0.2, -0.15) is 0 Å². The van der Waals surface area contributed by atoms with Crippen LogP contribution in [0.2, 0.25) is 0 Å². The van der Waals surface area contributed by atoms with Gasteiger partial charge in [0.25, 0.3) is 10.0 Å². The van der Waals surface area contributed by atoms with E-state index in [4.69, 9.17) is 0 Å². The molecule has 0 aliphatic carbocycles. The lowest BCUT2D eigenvalue weighted by Gasteiger charge is -2.28. The Kier molecular flexibility index (Phi) is 5.25. The fourth-order valence-corrected chi connectivity index (χ4v) is 4.21. The Balaban J connectivity index is 2.01. The van der Waals surface area contributed by atoms with E-state index in [1.807, 2.05) is 7.05 Å². The number of nitrogens with zero attached hydrogens (tertiary/aromatic N) is 3. The van der Waals surface area contributed by atoms with Gasteiger partial charge < -0.3 is 10.2 Å². The minimum absolute atomic E-state index is 0.0798. The summed E-state index contributed by atoms with van der Waals surface area (Å²) in [5, 5.41) is 10.0. The molecule has 0 spiro atoms. The smallest absolute Gasteiger partial charge is 0.270 e. The van der Waals surface area contributed by atoms with Crippen LogP contribution in [-0.4, -0.2) is 55.6 Å². The van der Waals surface area contributed by atoms with Crippen molar-refractivity contribution in [3.8, 4) is 0 Å². The van der Waals surface area contributed by atoms with E-state index < -0.39 is 10.0 Å². The highest BCUT2D eigenvalue weighted by molar-refractivity contribution is 7.91. The summed E-state index contributed by atoms with van der Waals surface area (Å²) in [6.07, 6.45) is 1.84. The zero-order chi connectivity index (χ0) is 15.5. The zero-order valence-electron chi connectivity index (χ0n) is 12.0. The van der Waals surface area contributed by atoms with Gasteiger partial charge in [-0.05, 0) is 33.0 Å². The van der Waals surface area contributed by atoms with Crippen molar-refractivity contribution in [1.29, 1.82) is 0 Å². The van der Waals surface area contributed by atoms with Crippen LogP contribution in [0.3, 0.4) is 0 Å². The Morgan fingerprint density at radius 1 is 1.38 bits per heavy atom. The lowest BCUT2D eigenvalue weighted by molar-refractivity contribution is -0.115. The average molecular weight is 333 g/mol. The molecule has 1 aromatic heterocycles. The SMILES string of the molecule is CCC(=O)Nc1nnc(S(=O)(=O)NC2CCN(C)CC2)s1. The third kappa shape index (κ3) is 4.43. The first-order chi connectivity index (χ1) is 9.90. The molecule has 1 aromatic rings. The number of likely N-dealkylation sites (tertiary alicyclic amines) is 1. The molecule has 1 fully saturated rings. The quantitative estimate of drug-likeness (QED) is 0.749. The van der Waals surface area contributed by atoms with E-state index in [2.05, 4.69) is 25.1 Å².